The predicted molar refractivity (Wildman–Crippen MR) is 111 cm³/mol. The molecular weight excluding hydrogens is 366 g/mol. The molecular formula is C23H33N3O3. The van der Waals surface area contributed by atoms with E-state index in [4.69, 9.17) is 4.74 Å². The van der Waals surface area contributed by atoms with Gasteiger partial charge in [0, 0.05) is 13.1 Å². The second-order valence-electron chi connectivity index (χ2n) is 8.77. The highest BCUT2D eigenvalue weighted by Crippen LogP contribution is 2.32. The smallest absolute Gasteiger partial charge is 0.326 e. The molecule has 4 rings (SSSR count). The number of imide groups is 1. The number of hydrogen-bond acceptors (Lipinski definition) is 4. The van der Waals surface area contributed by atoms with Crippen LogP contribution in [0.4, 0.5) is 4.79 Å². The van der Waals surface area contributed by atoms with Crippen molar-refractivity contribution >= 4 is 11.9 Å². The number of benzene rings is 1. The molecule has 2 heterocycles. The van der Waals surface area contributed by atoms with E-state index in [-0.39, 0.29) is 18.0 Å². The summed E-state index contributed by atoms with van der Waals surface area (Å²) in [6.45, 7) is 2.74. The van der Waals surface area contributed by atoms with Crippen molar-refractivity contribution in [2.45, 2.75) is 76.0 Å². The summed E-state index contributed by atoms with van der Waals surface area (Å²) in [6, 6.07) is 10.0. The van der Waals surface area contributed by atoms with Crippen LogP contribution in [-0.2, 0) is 16.1 Å². The molecule has 3 aliphatic rings. The summed E-state index contributed by atoms with van der Waals surface area (Å²) >= 11 is 0. The molecule has 1 aromatic rings. The molecule has 2 aliphatic heterocycles. The SMILES string of the molecule is O=C1NC2(CCCCCCC2)C(=O)N1CN1CCC(OCc2ccccc2)CC1. The average Bonchev–Trinajstić information content (AvgIpc) is 2.96. The second kappa shape index (κ2) is 9.26. The number of likely N-dealkylation sites (tertiary alicyclic amines) is 1. The maximum Gasteiger partial charge on any atom is 0.326 e. The molecule has 158 valence electrons. The van der Waals surface area contributed by atoms with Gasteiger partial charge in [-0.3, -0.25) is 9.69 Å². The van der Waals surface area contributed by atoms with Crippen LogP contribution in [0.3, 0.4) is 0 Å². The summed E-state index contributed by atoms with van der Waals surface area (Å²) in [6.07, 6.45) is 9.25. The number of urea groups is 1. The van der Waals surface area contributed by atoms with Crippen molar-refractivity contribution in [3.63, 3.8) is 0 Å². The van der Waals surface area contributed by atoms with Crippen LogP contribution in [0.15, 0.2) is 30.3 Å². The first-order chi connectivity index (χ1) is 14.2. The van der Waals surface area contributed by atoms with Crippen molar-refractivity contribution in [3.05, 3.63) is 35.9 Å². The van der Waals surface area contributed by atoms with Crippen LogP contribution in [0, 0.1) is 0 Å². The highest BCUT2D eigenvalue weighted by Gasteiger charge is 2.50. The standard InChI is InChI=1S/C23H33N3O3/c27-21-23(13-7-2-1-3-8-14-23)24-22(28)26(21)18-25-15-11-20(12-16-25)29-17-19-9-5-4-6-10-19/h4-6,9-10,20H,1-3,7-8,11-18H2,(H,24,28). The number of piperidine rings is 1. The van der Waals surface area contributed by atoms with Crippen molar-refractivity contribution in [2.24, 2.45) is 0 Å². The molecule has 0 radical (unpaired) electrons. The van der Waals surface area contributed by atoms with Gasteiger partial charge in [-0.1, -0.05) is 62.4 Å². The minimum absolute atomic E-state index is 0.00755. The highest BCUT2D eigenvalue weighted by molar-refractivity contribution is 6.07. The van der Waals surface area contributed by atoms with Crippen molar-refractivity contribution in [3.8, 4) is 0 Å². The summed E-state index contributed by atoms with van der Waals surface area (Å²) in [4.78, 5) is 29.4. The second-order valence-corrected chi connectivity index (χ2v) is 8.77. The van der Waals surface area contributed by atoms with Crippen LogP contribution in [0.5, 0.6) is 0 Å². The van der Waals surface area contributed by atoms with Gasteiger partial charge in [-0.05, 0) is 31.2 Å². The Bertz CT molecular complexity index is 693. The van der Waals surface area contributed by atoms with Crippen LogP contribution in [0.2, 0.25) is 0 Å². The Morgan fingerprint density at radius 1 is 0.966 bits per heavy atom. The number of carbonyl (C=O) groups is 2. The van der Waals surface area contributed by atoms with Crippen LogP contribution in [0.25, 0.3) is 0 Å². The zero-order chi connectivity index (χ0) is 20.1. The Morgan fingerprint density at radius 3 is 2.31 bits per heavy atom. The third-order valence-electron chi connectivity index (χ3n) is 6.66. The van der Waals surface area contributed by atoms with Gasteiger partial charge in [-0.25, -0.2) is 9.69 Å². The fourth-order valence-electron chi connectivity index (χ4n) is 4.86. The van der Waals surface area contributed by atoms with E-state index in [9.17, 15) is 9.59 Å². The molecule has 1 spiro atoms. The number of hydrogen-bond donors (Lipinski definition) is 1. The molecule has 6 nitrogen and oxygen atoms in total. The Hall–Kier alpha value is -1.92. The minimum atomic E-state index is -0.644. The Labute approximate surface area is 173 Å². The molecule has 1 saturated carbocycles. The van der Waals surface area contributed by atoms with Gasteiger partial charge in [0.25, 0.3) is 5.91 Å². The molecule has 3 amide bonds. The van der Waals surface area contributed by atoms with Crippen molar-refractivity contribution < 1.29 is 14.3 Å². The highest BCUT2D eigenvalue weighted by atomic mass is 16.5. The number of amides is 3. The van der Waals surface area contributed by atoms with Crippen LogP contribution in [-0.4, -0.2) is 53.1 Å². The first kappa shape index (κ1) is 20.4. The zero-order valence-electron chi connectivity index (χ0n) is 17.3. The Balaban J connectivity index is 1.26. The maximum atomic E-state index is 13.1. The fourth-order valence-corrected chi connectivity index (χ4v) is 4.86. The first-order valence-corrected chi connectivity index (χ1v) is 11.2. The van der Waals surface area contributed by atoms with Gasteiger partial charge in [-0.15, -0.1) is 0 Å². The lowest BCUT2D eigenvalue weighted by molar-refractivity contribution is -0.134. The lowest BCUT2D eigenvalue weighted by Crippen LogP contribution is -2.49. The van der Waals surface area contributed by atoms with E-state index < -0.39 is 5.54 Å². The van der Waals surface area contributed by atoms with Crippen molar-refractivity contribution in [1.82, 2.24) is 15.1 Å². The van der Waals surface area contributed by atoms with Crippen molar-refractivity contribution in [1.29, 1.82) is 0 Å². The van der Waals surface area contributed by atoms with E-state index >= 15 is 0 Å². The molecule has 0 aromatic heterocycles. The molecule has 1 aliphatic carbocycles. The van der Waals surface area contributed by atoms with Crippen molar-refractivity contribution in [2.75, 3.05) is 19.8 Å². The summed E-state index contributed by atoms with van der Waals surface area (Å²) in [5.74, 6) is -0.00755. The molecule has 3 fully saturated rings. The lowest BCUT2D eigenvalue weighted by Gasteiger charge is -2.34. The molecule has 1 aromatic carbocycles. The monoisotopic (exact) mass is 399 g/mol. The van der Waals surface area contributed by atoms with Gasteiger partial charge in [0.1, 0.15) is 5.54 Å². The number of carbonyl (C=O) groups excluding carboxylic acids is 2. The number of ether oxygens (including phenoxy) is 1. The molecule has 29 heavy (non-hydrogen) atoms. The summed E-state index contributed by atoms with van der Waals surface area (Å²) in [5.41, 5.74) is 0.549. The number of nitrogens with one attached hydrogen (secondary N) is 1. The molecule has 6 heteroatoms. The van der Waals surface area contributed by atoms with Gasteiger partial charge in [0.2, 0.25) is 0 Å². The average molecular weight is 400 g/mol. The van der Waals surface area contributed by atoms with E-state index in [2.05, 4.69) is 22.3 Å². The van der Waals surface area contributed by atoms with Gasteiger partial charge in [-0.2, -0.15) is 0 Å². The number of nitrogens with zero attached hydrogens (tertiary/aromatic N) is 2. The first-order valence-electron chi connectivity index (χ1n) is 11.2. The Kier molecular flexibility index (Phi) is 6.50. The Morgan fingerprint density at radius 2 is 1.62 bits per heavy atom. The molecule has 0 atom stereocenters. The third kappa shape index (κ3) is 4.81. The van der Waals surface area contributed by atoms with E-state index in [1.807, 2.05) is 18.2 Å². The minimum Gasteiger partial charge on any atom is -0.373 e. The molecule has 2 saturated heterocycles. The van der Waals surface area contributed by atoms with Gasteiger partial charge in [0.15, 0.2) is 0 Å². The maximum absolute atomic E-state index is 13.1. The number of rotatable bonds is 5. The fraction of sp³-hybridized carbons (Fsp3) is 0.652. The molecule has 1 N–H and O–H groups in total. The van der Waals surface area contributed by atoms with E-state index in [1.54, 1.807) is 0 Å². The van der Waals surface area contributed by atoms with E-state index in [0.717, 1.165) is 64.5 Å². The van der Waals surface area contributed by atoms with Crippen LogP contribution < -0.4 is 5.32 Å². The topological polar surface area (TPSA) is 61.9 Å². The quantitative estimate of drug-likeness (QED) is 0.768. The van der Waals surface area contributed by atoms with Crippen LogP contribution in [0.1, 0.15) is 63.4 Å². The van der Waals surface area contributed by atoms with E-state index in [1.165, 1.54) is 16.9 Å². The normalized spacial score (nSPS) is 23.8. The summed E-state index contributed by atoms with van der Waals surface area (Å²) in [7, 11) is 0. The third-order valence-corrected chi connectivity index (χ3v) is 6.66. The predicted octanol–water partition coefficient (Wildman–Crippen LogP) is 3.66. The summed E-state index contributed by atoms with van der Waals surface area (Å²) in [5, 5.41) is 3.06. The lowest BCUT2D eigenvalue weighted by atomic mass is 9.84. The largest absolute Gasteiger partial charge is 0.373 e. The summed E-state index contributed by atoms with van der Waals surface area (Å²) < 4.78 is 6.06. The van der Waals surface area contributed by atoms with Gasteiger partial charge >= 0.3 is 6.03 Å². The van der Waals surface area contributed by atoms with E-state index in [0.29, 0.717) is 13.3 Å². The molecule has 0 unspecified atom stereocenters. The van der Waals surface area contributed by atoms with Crippen LogP contribution >= 0.6 is 0 Å². The zero-order valence-corrected chi connectivity index (χ0v) is 17.3. The van der Waals surface area contributed by atoms with Gasteiger partial charge in [0.05, 0.1) is 19.4 Å². The molecule has 0 bridgehead atoms. The van der Waals surface area contributed by atoms with Gasteiger partial charge < -0.3 is 10.1 Å².